The summed E-state index contributed by atoms with van der Waals surface area (Å²) in [6, 6.07) is 17.5. The van der Waals surface area contributed by atoms with E-state index in [1.165, 1.54) is 23.1 Å². The van der Waals surface area contributed by atoms with Crippen LogP contribution in [0.4, 0.5) is 5.69 Å². The van der Waals surface area contributed by atoms with E-state index in [1.54, 1.807) is 55.5 Å². The van der Waals surface area contributed by atoms with Gasteiger partial charge in [-0.25, -0.2) is 4.79 Å². The quantitative estimate of drug-likeness (QED) is 0.193. The van der Waals surface area contributed by atoms with Crippen LogP contribution in [-0.4, -0.2) is 34.2 Å². The Kier molecular flexibility index (Phi) is 5.51. The van der Waals surface area contributed by atoms with E-state index in [0.29, 0.717) is 28.9 Å². The zero-order valence-corrected chi connectivity index (χ0v) is 17.1. The molecule has 0 fully saturated rings. The van der Waals surface area contributed by atoms with Gasteiger partial charge in [0.2, 0.25) is 0 Å². The molecule has 3 aromatic carbocycles. The van der Waals surface area contributed by atoms with Gasteiger partial charge in [0.15, 0.2) is 0 Å². The van der Waals surface area contributed by atoms with Gasteiger partial charge in [-0.3, -0.25) is 24.6 Å². The monoisotopic (exact) mass is 430 g/mol. The van der Waals surface area contributed by atoms with Crippen LogP contribution >= 0.6 is 0 Å². The zero-order chi connectivity index (χ0) is 22.8. The summed E-state index contributed by atoms with van der Waals surface area (Å²) in [4.78, 5) is 48.8. The molecule has 3 aromatic rings. The first-order chi connectivity index (χ1) is 15.3. The summed E-state index contributed by atoms with van der Waals surface area (Å²) in [7, 11) is 0. The molecule has 2 amide bonds. The fourth-order valence-electron chi connectivity index (χ4n) is 3.56. The van der Waals surface area contributed by atoms with Crippen molar-refractivity contribution < 1.29 is 24.0 Å². The molecule has 32 heavy (non-hydrogen) atoms. The molecule has 160 valence electrons. The molecule has 0 saturated heterocycles. The van der Waals surface area contributed by atoms with E-state index in [4.69, 9.17) is 4.74 Å². The first-order valence-electron chi connectivity index (χ1n) is 9.86. The summed E-state index contributed by atoms with van der Waals surface area (Å²) < 4.78 is 5.34. The minimum atomic E-state index is -0.623. The second-order valence-electron chi connectivity index (χ2n) is 7.35. The summed E-state index contributed by atoms with van der Waals surface area (Å²) >= 11 is 0. The lowest BCUT2D eigenvalue weighted by Gasteiger charge is -2.14. The number of aryl methyl sites for hydroxylation is 1. The molecular formula is C24H18N2O6. The Balaban J connectivity index is 1.37. The van der Waals surface area contributed by atoms with Crippen LogP contribution in [0.5, 0.6) is 5.75 Å². The first kappa shape index (κ1) is 20.9. The van der Waals surface area contributed by atoms with Crippen molar-refractivity contribution in [2.24, 2.45) is 0 Å². The molecule has 0 bridgehead atoms. The van der Waals surface area contributed by atoms with E-state index in [2.05, 4.69) is 0 Å². The largest absolute Gasteiger partial charge is 0.423 e. The minimum absolute atomic E-state index is 0.0658. The summed E-state index contributed by atoms with van der Waals surface area (Å²) in [6.07, 6.45) is 0.460. The molecule has 0 aliphatic carbocycles. The van der Waals surface area contributed by atoms with Crippen LogP contribution in [0.2, 0.25) is 0 Å². The van der Waals surface area contributed by atoms with Crippen LogP contribution in [-0.2, 0) is 6.42 Å². The highest BCUT2D eigenvalue weighted by Crippen LogP contribution is 2.23. The van der Waals surface area contributed by atoms with Crippen LogP contribution in [0.1, 0.15) is 42.2 Å². The molecule has 0 N–H and O–H groups in total. The molecule has 0 radical (unpaired) electrons. The Bertz CT molecular complexity index is 1210. The van der Waals surface area contributed by atoms with Crippen LogP contribution in [0, 0.1) is 17.0 Å². The minimum Gasteiger partial charge on any atom is -0.423 e. The third-order valence-electron chi connectivity index (χ3n) is 5.27. The van der Waals surface area contributed by atoms with E-state index in [9.17, 15) is 24.5 Å². The highest BCUT2D eigenvalue weighted by Gasteiger charge is 2.34. The fraction of sp³-hybridized carbons (Fsp3) is 0.125. The van der Waals surface area contributed by atoms with Crippen molar-refractivity contribution in [1.29, 1.82) is 0 Å². The third kappa shape index (κ3) is 3.98. The standard InChI is InChI=1S/C24H18N2O6/c1-15-14-17(8-11-21(15)26(30)31)24(29)32-18-9-6-16(7-10-18)12-13-25-22(27)19-4-2-3-5-20(19)23(25)28/h2-11,14H,12-13H2,1H3. The molecule has 0 unspecified atom stereocenters. The first-order valence-corrected chi connectivity index (χ1v) is 9.86. The molecule has 8 nitrogen and oxygen atoms in total. The smallest absolute Gasteiger partial charge is 0.343 e. The Morgan fingerprint density at radius 2 is 1.59 bits per heavy atom. The summed E-state index contributed by atoms with van der Waals surface area (Å²) in [6.45, 7) is 1.80. The van der Waals surface area contributed by atoms with Gasteiger partial charge in [0.25, 0.3) is 17.5 Å². The van der Waals surface area contributed by atoms with Crippen LogP contribution < -0.4 is 4.74 Å². The Morgan fingerprint density at radius 1 is 0.969 bits per heavy atom. The van der Waals surface area contributed by atoms with Crippen molar-refractivity contribution >= 4 is 23.5 Å². The van der Waals surface area contributed by atoms with Crippen molar-refractivity contribution in [2.75, 3.05) is 6.54 Å². The van der Waals surface area contributed by atoms with Gasteiger partial charge in [-0.2, -0.15) is 0 Å². The average molecular weight is 430 g/mol. The lowest BCUT2D eigenvalue weighted by molar-refractivity contribution is -0.385. The topological polar surface area (TPSA) is 107 Å². The number of ether oxygens (including phenoxy) is 1. The molecule has 1 aliphatic heterocycles. The number of amides is 2. The Hall–Kier alpha value is -4.33. The normalized spacial score (nSPS) is 12.6. The van der Waals surface area contributed by atoms with Gasteiger partial charge in [0, 0.05) is 18.2 Å². The second-order valence-corrected chi connectivity index (χ2v) is 7.35. The van der Waals surface area contributed by atoms with Crippen molar-refractivity contribution in [3.05, 3.63) is 105 Å². The van der Waals surface area contributed by atoms with Gasteiger partial charge >= 0.3 is 5.97 Å². The predicted octanol–water partition coefficient (Wildman–Crippen LogP) is 3.96. The van der Waals surface area contributed by atoms with Gasteiger partial charge in [-0.05, 0) is 55.3 Å². The molecule has 0 spiro atoms. The lowest BCUT2D eigenvalue weighted by atomic mass is 10.1. The number of rotatable bonds is 6. The van der Waals surface area contributed by atoms with Crippen molar-refractivity contribution in [3.8, 4) is 5.75 Å². The number of nitrogens with zero attached hydrogens (tertiary/aromatic N) is 2. The molecular weight excluding hydrogens is 412 g/mol. The van der Waals surface area contributed by atoms with E-state index in [0.717, 1.165) is 5.56 Å². The second kappa shape index (κ2) is 8.43. The lowest BCUT2D eigenvalue weighted by Crippen LogP contribution is -2.31. The maximum Gasteiger partial charge on any atom is 0.343 e. The molecule has 0 saturated carbocycles. The van der Waals surface area contributed by atoms with Gasteiger partial charge in [0.05, 0.1) is 21.6 Å². The average Bonchev–Trinajstić information content (AvgIpc) is 3.03. The van der Waals surface area contributed by atoms with Crippen LogP contribution in [0.25, 0.3) is 0 Å². The SMILES string of the molecule is Cc1cc(C(=O)Oc2ccc(CCN3C(=O)c4ccccc4C3=O)cc2)ccc1[N+](=O)[O-]. The number of hydrogen-bond acceptors (Lipinski definition) is 6. The Morgan fingerprint density at radius 3 is 2.16 bits per heavy atom. The number of nitro benzene ring substituents is 1. The van der Waals surface area contributed by atoms with E-state index in [-0.39, 0.29) is 29.6 Å². The molecule has 1 aliphatic rings. The number of hydrogen-bond donors (Lipinski definition) is 0. The van der Waals surface area contributed by atoms with Crippen molar-refractivity contribution in [3.63, 3.8) is 0 Å². The molecule has 0 aromatic heterocycles. The number of fused-ring (bicyclic) bond motifs is 1. The van der Waals surface area contributed by atoms with Crippen molar-refractivity contribution in [1.82, 2.24) is 4.90 Å². The summed E-state index contributed by atoms with van der Waals surface area (Å²) in [5, 5.41) is 10.9. The molecule has 1 heterocycles. The van der Waals surface area contributed by atoms with Gasteiger partial charge < -0.3 is 4.74 Å². The van der Waals surface area contributed by atoms with E-state index in [1.807, 2.05) is 0 Å². The number of nitro groups is 1. The maximum absolute atomic E-state index is 12.4. The fourth-order valence-corrected chi connectivity index (χ4v) is 3.56. The number of carbonyl (C=O) groups is 3. The number of benzene rings is 3. The highest BCUT2D eigenvalue weighted by molar-refractivity contribution is 6.21. The number of esters is 1. The van der Waals surface area contributed by atoms with Crippen LogP contribution in [0.15, 0.2) is 66.7 Å². The van der Waals surface area contributed by atoms with Crippen molar-refractivity contribution in [2.45, 2.75) is 13.3 Å². The van der Waals surface area contributed by atoms with Gasteiger partial charge in [-0.15, -0.1) is 0 Å². The summed E-state index contributed by atoms with van der Waals surface area (Å²) in [5.41, 5.74) is 2.22. The molecule has 4 rings (SSSR count). The molecule has 0 atom stereocenters. The number of imide groups is 1. The predicted molar refractivity (Wildman–Crippen MR) is 115 cm³/mol. The van der Waals surface area contributed by atoms with Gasteiger partial charge in [0.1, 0.15) is 5.75 Å². The highest BCUT2D eigenvalue weighted by atomic mass is 16.6. The Labute approximate surface area is 183 Å². The third-order valence-corrected chi connectivity index (χ3v) is 5.27. The van der Waals surface area contributed by atoms with E-state index >= 15 is 0 Å². The maximum atomic E-state index is 12.4. The molecule has 8 heteroatoms. The van der Waals surface area contributed by atoms with E-state index < -0.39 is 10.9 Å². The summed E-state index contributed by atoms with van der Waals surface area (Å²) in [5.74, 6) is -0.902. The van der Waals surface area contributed by atoms with Crippen LogP contribution in [0.3, 0.4) is 0 Å². The zero-order valence-electron chi connectivity index (χ0n) is 17.1. The van der Waals surface area contributed by atoms with Gasteiger partial charge in [-0.1, -0.05) is 24.3 Å². The number of carbonyl (C=O) groups excluding carboxylic acids is 3.